The molecule has 2 aromatic rings. The number of fused-ring (bicyclic) bond motifs is 1. The summed E-state index contributed by atoms with van der Waals surface area (Å²) in [6, 6.07) is 8.77. The van der Waals surface area contributed by atoms with Gasteiger partial charge in [-0.1, -0.05) is 23.4 Å². The molecule has 0 aliphatic carbocycles. The molecule has 1 unspecified atom stereocenters. The zero-order valence-electron chi connectivity index (χ0n) is 15.8. The fraction of sp³-hybridized carbons (Fsp3) is 0.400. The summed E-state index contributed by atoms with van der Waals surface area (Å²) in [6.45, 7) is 4.90. The third-order valence-corrected chi connectivity index (χ3v) is 5.23. The third kappa shape index (κ3) is 3.15. The average Bonchev–Trinajstić information content (AvgIpc) is 3.13. The minimum atomic E-state index is -1.24. The van der Waals surface area contributed by atoms with E-state index in [1.165, 1.54) is 0 Å². The Morgan fingerprint density at radius 2 is 1.79 bits per heavy atom. The van der Waals surface area contributed by atoms with Crippen LogP contribution in [0.25, 0.3) is 0 Å². The maximum Gasteiger partial charge on any atom is 0.339 e. The van der Waals surface area contributed by atoms with Gasteiger partial charge in [-0.05, 0) is 25.5 Å². The van der Waals surface area contributed by atoms with Gasteiger partial charge in [0, 0.05) is 38.7 Å². The number of rotatable bonds is 2. The predicted octanol–water partition coefficient (Wildman–Crippen LogP) is 1.44. The molecule has 2 amide bonds. The lowest BCUT2D eigenvalue weighted by Gasteiger charge is -2.40. The predicted molar refractivity (Wildman–Crippen MR) is 97.7 cm³/mol. The summed E-state index contributed by atoms with van der Waals surface area (Å²) in [7, 11) is 0. The summed E-state index contributed by atoms with van der Waals surface area (Å²) in [6.07, 6.45) is 0.338. The van der Waals surface area contributed by atoms with Crippen molar-refractivity contribution >= 4 is 17.8 Å². The number of amides is 2. The maximum absolute atomic E-state index is 13.1. The maximum atomic E-state index is 13.1. The number of esters is 1. The largest absolute Gasteiger partial charge is 0.445 e. The van der Waals surface area contributed by atoms with E-state index >= 15 is 0 Å². The molecule has 28 heavy (non-hydrogen) atoms. The lowest BCUT2D eigenvalue weighted by Crippen LogP contribution is -2.58. The van der Waals surface area contributed by atoms with Crippen LogP contribution in [-0.4, -0.2) is 64.5 Å². The van der Waals surface area contributed by atoms with Gasteiger partial charge < -0.3 is 19.1 Å². The summed E-state index contributed by atoms with van der Waals surface area (Å²) in [5.41, 5.74) is 0.721. The first-order valence-corrected chi connectivity index (χ1v) is 9.20. The van der Waals surface area contributed by atoms with E-state index in [4.69, 9.17) is 9.26 Å². The number of ether oxygens (including phenoxy) is 1. The van der Waals surface area contributed by atoms with Crippen LogP contribution in [0.1, 0.15) is 39.1 Å². The van der Waals surface area contributed by atoms with E-state index in [9.17, 15) is 14.4 Å². The zero-order valence-corrected chi connectivity index (χ0v) is 15.8. The van der Waals surface area contributed by atoms with E-state index in [1.54, 1.807) is 41.8 Å². The quantitative estimate of drug-likeness (QED) is 0.729. The summed E-state index contributed by atoms with van der Waals surface area (Å²) >= 11 is 0. The highest BCUT2D eigenvalue weighted by Crippen LogP contribution is 2.30. The van der Waals surface area contributed by atoms with E-state index in [0.29, 0.717) is 43.9 Å². The van der Waals surface area contributed by atoms with E-state index < -0.39 is 11.6 Å². The first-order valence-electron chi connectivity index (χ1n) is 9.20. The molecule has 4 rings (SSSR count). The van der Waals surface area contributed by atoms with Crippen molar-refractivity contribution in [2.24, 2.45) is 0 Å². The van der Waals surface area contributed by atoms with Gasteiger partial charge in [-0.3, -0.25) is 9.59 Å². The fourth-order valence-corrected chi connectivity index (χ4v) is 3.72. The second-order valence-electron chi connectivity index (χ2n) is 7.37. The first-order chi connectivity index (χ1) is 13.4. The smallest absolute Gasteiger partial charge is 0.339 e. The van der Waals surface area contributed by atoms with E-state index in [1.807, 2.05) is 12.1 Å². The zero-order chi connectivity index (χ0) is 19.9. The number of piperazine rings is 1. The summed E-state index contributed by atoms with van der Waals surface area (Å²) < 4.78 is 10.6. The normalized spacial score (nSPS) is 21.9. The molecule has 0 bridgehead atoms. The van der Waals surface area contributed by atoms with Crippen molar-refractivity contribution < 1.29 is 23.6 Å². The summed E-state index contributed by atoms with van der Waals surface area (Å²) in [5.74, 6) is -0.760. The van der Waals surface area contributed by atoms with Crippen LogP contribution < -0.4 is 0 Å². The van der Waals surface area contributed by atoms with Gasteiger partial charge in [-0.25, -0.2) is 4.79 Å². The highest BCUT2D eigenvalue weighted by atomic mass is 16.6. The summed E-state index contributed by atoms with van der Waals surface area (Å²) in [4.78, 5) is 41.2. The van der Waals surface area contributed by atoms with Gasteiger partial charge >= 0.3 is 5.97 Å². The van der Waals surface area contributed by atoms with Crippen molar-refractivity contribution in [2.45, 2.75) is 25.9 Å². The number of hydrogen-bond donors (Lipinski definition) is 0. The minimum Gasteiger partial charge on any atom is -0.445 e. The van der Waals surface area contributed by atoms with Crippen LogP contribution in [-0.2, 0) is 16.0 Å². The molecule has 8 nitrogen and oxygen atoms in total. The third-order valence-electron chi connectivity index (χ3n) is 5.23. The molecule has 2 aliphatic rings. The van der Waals surface area contributed by atoms with Crippen LogP contribution >= 0.6 is 0 Å². The van der Waals surface area contributed by atoms with Crippen molar-refractivity contribution in [3.05, 3.63) is 52.9 Å². The Kier molecular flexibility index (Phi) is 4.41. The van der Waals surface area contributed by atoms with Gasteiger partial charge in [0.1, 0.15) is 0 Å². The monoisotopic (exact) mass is 383 g/mol. The second kappa shape index (κ2) is 6.78. The van der Waals surface area contributed by atoms with Crippen molar-refractivity contribution in [3.63, 3.8) is 0 Å². The molecule has 1 aromatic heterocycles. The molecule has 8 heteroatoms. The van der Waals surface area contributed by atoms with Crippen molar-refractivity contribution in [3.8, 4) is 0 Å². The van der Waals surface area contributed by atoms with Crippen LogP contribution in [0, 0.1) is 6.92 Å². The van der Waals surface area contributed by atoms with Gasteiger partial charge in [-0.2, -0.15) is 0 Å². The second-order valence-corrected chi connectivity index (χ2v) is 7.37. The highest BCUT2D eigenvalue weighted by molar-refractivity contribution is 5.97. The van der Waals surface area contributed by atoms with Gasteiger partial charge in [0.2, 0.25) is 5.76 Å². The van der Waals surface area contributed by atoms with Gasteiger partial charge in [-0.15, -0.1) is 0 Å². The Morgan fingerprint density at radius 3 is 2.46 bits per heavy atom. The Hall–Kier alpha value is -3.16. The Bertz CT molecular complexity index is 945. The Morgan fingerprint density at radius 1 is 1.11 bits per heavy atom. The molecule has 0 saturated carbocycles. The fourth-order valence-electron chi connectivity index (χ4n) is 3.72. The first kappa shape index (κ1) is 18.2. The Balaban J connectivity index is 1.43. The number of cyclic esters (lactones) is 1. The molecule has 1 fully saturated rings. The molecule has 1 saturated heterocycles. The molecule has 3 heterocycles. The molecule has 0 N–H and O–H groups in total. The highest BCUT2D eigenvalue weighted by Gasteiger charge is 2.45. The van der Waals surface area contributed by atoms with Crippen LogP contribution in [0.3, 0.4) is 0 Å². The van der Waals surface area contributed by atoms with Crippen LogP contribution in [0.2, 0.25) is 0 Å². The van der Waals surface area contributed by atoms with E-state index in [-0.39, 0.29) is 17.6 Å². The van der Waals surface area contributed by atoms with E-state index in [0.717, 1.165) is 5.56 Å². The molecular formula is C20H21N3O5. The van der Waals surface area contributed by atoms with Crippen LogP contribution in [0.5, 0.6) is 0 Å². The molecule has 1 atom stereocenters. The van der Waals surface area contributed by atoms with Crippen LogP contribution in [0.4, 0.5) is 0 Å². The lowest BCUT2D eigenvalue weighted by atomic mass is 9.88. The van der Waals surface area contributed by atoms with Gasteiger partial charge in [0.25, 0.3) is 11.8 Å². The van der Waals surface area contributed by atoms with Crippen LogP contribution in [0.15, 0.2) is 34.9 Å². The lowest BCUT2D eigenvalue weighted by molar-refractivity contribution is -0.152. The average molecular weight is 383 g/mol. The van der Waals surface area contributed by atoms with Gasteiger partial charge in [0.05, 0.1) is 11.3 Å². The van der Waals surface area contributed by atoms with Gasteiger partial charge in [0.15, 0.2) is 5.60 Å². The molecule has 0 spiro atoms. The molecule has 0 radical (unpaired) electrons. The molecule has 146 valence electrons. The number of hydrogen-bond acceptors (Lipinski definition) is 6. The number of aryl methyl sites for hydroxylation is 1. The minimum absolute atomic E-state index is 0.196. The van der Waals surface area contributed by atoms with Crippen molar-refractivity contribution in [2.75, 3.05) is 26.2 Å². The number of carbonyl (C=O) groups excluding carboxylic acids is 3. The SMILES string of the molecule is Cc1cc(C(=O)N2CCN(C(=O)C3(C)Cc4ccccc4C(=O)O3)CC2)on1. The Labute approximate surface area is 162 Å². The number of nitrogens with zero attached hydrogens (tertiary/aromatic N) is 3. The standard InChI is InChI=1S/C20H21N3O5/c1-13-11-16(28-21-13)17(24)22-7-9-23(10-8-22)19(26)20(2)12-14-5-3-4-6-15(14)18(25)27-20/h3-6,11H,7-10,12H2,1-2H3. The molecule has 2 aliphatic heterocycles. The van der Waals surface area contributed by atoms with E-state index in [2.05, 4.69) is 5.16 Å². The molecular weight excluding hydrogens is 362 g/mol. The summed E-state index contributed by atoms with van der Waals surface area (Å²) in [5, 5.41) is 3.74. The van der Waals surface area contributed by atoms with Crippen molar-refractivity contribution in [1.29, 1.82) is 0 Å². The van der Waals surface area contributed by atoms with Crippen molar-refractivity contribution in [1.82, 2.24) is 15.0 Å². The number of carbonyl (C=O) groups is 3. The topological polar surface area (TPSA) is 93.0 Å². The number of benzene rings is 1. The molecule has 1 aromatic carbocycles. The number of aromatic nitrogens is 1.